The van der Waals surface area contributed by atoms with Crippen LogP contribution in [0.15, 0.2) is 24.3 Å². The smallest absolute Gasteiger partial charge is 0.241 e. The van der Waals surface area contributed by atoms with Gasteiger partial charge >= 0.3 is 0 Å². The molecule has 3 atom stereocenters. The van der Waals surface area contributed by atoms with Crippen LogP contribution in [0.3, 0.4) is 0 Å². The summed E-state index contributed by atoms with van der Waals surface area (Å²) in [4.78, 5) is 14.5. The number of hydrogen-bond donors (Lipinski definition) is 1. The maximum absolute atomic E-state index is 12.3. The van der Waals surface area contributed by atoms with E-state index in [-0.39, 0.29) is 24.2 Å². The van der Waals surface area contributed by atoms with Gasteiger partial charge in [0.25, 0.3) is 0 Å². The highest BCUT2D eigenvalue weighted by Crippen LogP contribution is 2.21. The average Bonchev–Trinajstić information content (AvgIpc) is 2.39. The molecule has 110 valence electrons. The Morgan fingerprint density at radius 1 is 1.35 bits per heavy atom. The van der Waals surface area contributed by atoms with E-state index in [0.717, 1.165) is 13.1 Å². The predicted molar refractivity (Wildman–Crippen MR) is 81.1 cm³/mol. The van der Waals surface area contributed by atoms with E-state index in [9.17, 15) is 4.79 Å². The van der Waals surface area contributed by atoms with Crippen molar-refractivity contribution in [3.05, 3.63) is 29.3 Å². The topological polar surface area (TPSA) is 41.6 Å². The van der Waals surface area contributed by atoms with Crippen LogP contribution in [0.25, 0.3) is 0 Å². The quantitative estimate of drug-likeness (QED) is 0.932. The molecular weight excluding hydrogens is 276 g/mol. The lowest BCUT2D eigenvalue weighted by molar-refractivity contribution is -0.126. The van der Waals surface area contributed by atoms with Gasteiger partial charge in [0, 0.05) is 13.1 Å². The van der Waals surface area contributed by atoms with Crippen molar-refractivity contribution in [3.63, 3.8) is 0 Å². The van der Waals surface area contributed by atoms with Crippen molar-refractivity contribution in [2.45, 2.75) is 39.0 Å². The van der Waals surface area contributed by atoms with E-state index in [1.807, 2.05) is 32.9 Å². The van der Waals surface area contributed by atoms with Gasteiger partial charge in [-0.1, -0.05) is 23.7 Å². The molecule has 1 fully saturated rings. The van der Waals surface area contributed by atoms with E-state index < -0.39 is 0 Å². The Hall–Kier alpha value is -1.10. The summed E-state index contributed by atoms with van der Waals surface area (Å²) in [7, 11) is 0. The molecule has 1 aromatic carbocycles. The molecule has 0 aliphatic carbocycles. The molecule has 2 rings (SSSR count). The van der Waals surface area contributed by atoms with Crippen molar-refractivity contribution in [2.75, 3.05) is 18.4 Å². The maximum atomic E-state index is 12.3. The number of halogens is 1. The van der Waals surface area contributed by atoms with Gasteiger partial charge in [-0.2, -0.15) is 0 Å². The Balaban J connectivity index is 2.00. The Kier molecular flexibility index (Phi) is 5.02. The summed E-state index contributed by atoms with van der Waals surface area (Å²) in [6.45, 7) is 7.50. The summed E-state index contributed by atoms with van der Waals surface area (Å²) in [6, 6.07) is 7.05. The molecule has 1 amide bonds. The lowest BCUT2D eigenvalue weighted by atomic mass is 10.1. The Morgan fingerprint density at radius 2 is 1.95 bits per heavy atom. The zero-order valence-electron chi connectivity index (χ0n) is 12.1. The lowest BCUT2D eigenvalue weighted by Crippen LogP contribution is -2.52. The van der Waals surface area contributed by atoms with Crippen molar-refractivity contribution in [2.24, 2.45) is 0 Å². The van der Waals surface area contributed by atoms with Crippen molar-refractivity contribution in [3.8, 4) is 0 Å². The minimum atomic E-state index is -0.208. The zero-order chi connectivity index (χ0) is 14.7. The molecule has 1 saturated heterocycles. The summed E-state index contributed by atoms with van der Waals surface area (Å²) in [5.41, 5.74) is 0.653. The predicted octanol–water partition coefficient (Wildman–Crippen LogP) is 2.78. The van der Waals surface area contributed by atoms with Crippen molar-refractivity contribution < 1.29 is 9.53 Å². The van der Waals surface area contributed by atoms with Gasteiger partial charge in [-0.15, -0.1) is 0 Å². The summed E-state index contributed by atoms with van der Waals surface area (Å²) in [5.74, 6) is -0.0422. The molecule has 4 nitrogen and oxygen atoms in total. The summed E-state index contributed by atoms with van der Waals surface area (Å²) < 4.78 is 5.69. The van der Waals surface area contributed by atoms with Crippen LogP contribution in [0.5, 0.6) is 0 Å². The number of benzene rings is 1. The third-order valence-corrected chi connectivity index (χ3v) is 3.84. The van der Waals surface area contributed by atoms with Crippen LogP contribution in [0.2, 0.25) is 5.02 Å². The molecule has 1 aromatic rings. The van der Waals surface area contributed by atoms with Crippen LogP contribution >= 0.6 is 11.6 Å². The number of carbonyl (C=O) groups excluding carboxylic acids is 1. The number of nitrogens with zero attached hydrogens (tertiary/aromatic N) is 1. The number of anilines is 1. The zero-order valence-corrected chi connectivity index (χ0v) is 12.9. The van der Waals surface area contributed by atoms with Gasteiger partial charge in [-0.25, -0.2) is 0 Å². The van der Waals surface area contributed by atoms with Gasteiger partial charge in [0.2, 0.25) is 5.91 Å². The number of ether oxygens (including phenoxy) is 1. The molecule has 0 unspecified atom stereocenters. The van der Waals surface area contributed by atoms with Crippen LogP contribution in [0.4, 0.5) is 5.69 Å². The Bertz CT molecular complexity index is 471. The SMILES string of the molecule is C[C@H]1CN([C@@H](C)C(=O)Nc2ccccc2Cl)C[C@H](C)O1. The lowest BCUT2D eigenvalue weighted by Gasteiger charge is -2.38. The minimum absolute atomic E-state index is 0.0422. The monoisotopic (exact) mass is 296 g/mol. The van der Waals surface area contributed by atoms with Gasteiger partial charge < -0.3 is 10.1 Å². The second-order valence-corrected chi connectivity index (χ2v) is 5.76. The summed E-state index contributed by atoms with van der Waals surface area (Å²) >= 11 is 6.06. The molecule has 0 aromatic heterocycles. The summed E-state index contributed by atoms with van der Waals surface area (Å²) in [6.07, 6.45) is 0.295. The van der Waals surface area contributed by atoms with Crippen LogP contribution < -0.4 is 5.32 Å². The van der Waals surface area contributed by atoms with E-state index in [2.05, 4.69) is 10.2 Å². The first kappa shape index (κ1) is 15.3. The fraction of sp³-hybridized carbons (Fsp3) is 0.533. The molecule has 5 heteroatoms. The molecule has 0 radical (unpaired) electrons. The average molecular weight is 297 g/mol. The third-order valence-electron chi connectivity index (χ3n) is 3.51. The molecule has 0 spiro atoms. The van der Waals surface area contributed by atoms with E-state index in [0.29, 0.717) is 10.7 Å². The van der Waals surface area contributed by atoms with Crippen LogP contribution in [-0.2, 0) is 9.53 Å². The van der Waals surface area contributed by atoms with Gasteiger partial charge in [-0.05, 0) is 32.9 Å². The van der Waals surface area contributed by atoms with E-state index in [1.54, 1.807) is 12.1 Å². The van der Waals surface area contributed by atoms with Gasteiger partial charge in [-0.3, -0.25) is 9.69 Å². The number of morpholine rings is 1. The first-order chi connectivity index (χ1) is 9.47. The van der Waals surface area contributed by atoms with Crippen molar-refractivity contribution in [1.29, 1.82) is 0 Å². The van der Waals surface area contributed by atoms with Crippen LogP contribution in [0, 0.1) is 0 Å². The second kappa shape index (κ2) is 6.57. The van der Waals surface area contributed by atoms with E-state index in [1.165, 1.54) is 0 Å². The molecule has 0 bridgehead atoms. The minimum Gasteiger partial charge on any atom is -0.373 e. The number of carbonyl (C=O) groups is 1. The number of rotatable bonds is 3. The highest BCUT2D eigenvalue weighted by molar-refractivity contribution is 6.33. The normalized spacial score (nSPS) is 25.2. The van der Waals surface area contributed by atoms with Crippen LogP contribution in [0.1, 0.15) is 20.8 Å². The molecule has 1 aliphatic heterocycles. The number of para-hydroxylation sites is 1. The van der Waals surface area contributed by atoms with E-state index in [4.69, 9.17) is 16.3 Å². The standard InChI is InChI=1S/C15H21ClN2O2/c1-10-8-18(9-11(2)20-10)12(3)15(19)17-14-7-5-4-6-13(14)16/h4-7,10-12H,8-9H2,1-3H3,(H,17,19)/t10-,11-,12-/m0/s1. The fourth-order valence-corrected chi connectivity index (χ4v) is 2.68. The molecule has 1 aliphatic rings. The first-order valence-corrected chi connectivity index (χ1v) is 7.30. The van der Waals surface area contributed by atoms with Crippen molar-refractivity contribution >= 4 is 23.2 Å². The largest absolute Gasteiger partial charge is 0.373 e. The van der Waals surface area contributed by atoms with Gasteiger partial charge in [0.15, 0.2) is 0 Å². The van der Waals surface area contributed by atoms with Gasteiger partial charge in [0.1, 0.15) is 0 Å². The highest BCUT2D eigenvalue weighted by Gasteiger charge is 2.29. The van der Waals surface area contributed by atoms with Crippen molar-refractivity contribution in [1.82, 2.24) is 4.90 Å². The fourth-order valence-electron chi connectivity index (χ4n) is 2.50. The van der Waals surface area contributed by atoms with Crippen LogP contribution in [-0.4, -0.2) is 42.1 Å². The Labute approximate surface area is 125 Å². The molecule has 20 heavy (non-hydrogen) atoms. The summed E-state index contributed by atoms with van der Waals surface area (Å²) in [5, 5.41) is 3.44. The molecule has 0 saturated carbocycles. The van der Waals surface area contributed by atoms with Gasteiger partial charge in [0.05, 0.1) is 29.0 Å². The number of hydrogen-bond acceptors (Lipinski definition) is 3. The first-order valence-electron chi connectivity index (χ1n) is 6.92. The molecule has 1 N–H and O–H groups in total. The third kappa shape index (κ3) is 3.72. The molecule has 1 heterocycles. The maximum Gasteiger partial charge on any atom is 0.241 e. The Morgan fingerprint density at radius 3 is 2.55 bits per heavy atom. The highest BCUT2D eigenvalue weighted by atomic mass is 35.5. The molecular formula is C15H21ClN2O2. The van der Waals surface area contributed by atoms with E-state index >= 15 is 0 Å². The number of amides is 1. The number of nitrogens with one attached hydrogen (secondary N) is 1. The second-order valence-electron chi connectivity index (χ2n) is 5.36.